The molecule has 0 radical (unpaired) electrons. The SMILES string of the molecule is CC(C)n1nccc1C(=O)N[C@H](C(=O)Nc1ccc([C@H](C)[C@@H](NC(=O)c2ccnn2CC2CC2)C(=O)N2CCN(C)CC2)cc1F)[C@H]1CC[C@H](C)CC1. The van der Waals surface area contributed by atoms with Gasteiger partial charge < -0.3 is 25.8 Å². The standard InChI is InChI=1S/C39H54FN9O4/c1-24(2)49-33(15-17-42-49)37(51)45-35(28-10-6-25(3)7-11-28)38(52)43-31-13-12-29(22-30(31)40)26(4)34(39(53)47-20-18-46(5)19-21-47)44-36(50)32-14-16-41-48(32)23-27-8-9-27/h12-17,22,24-28,34-35H,6-11,18-21,23H2,1-5H3,(H,43,52)(H,44,50)(H,45,51)/t25-,26-,28-,34+,35-/m0/s1. The average molecular weight is 732 g/mol. The van der Waals surface area contributed by atoms with Crippen molar-refractivity contribution in [3.63, 3.8) is 0 Å². The first kappa shape index (κ1) is 38.1. The number of benzene rings is 1. The van der Waals surface area contributed by atoms with Crippen LogP contribution in [0.1, 0.15) is 105 Å². The molecule has 1 aliphatic heterocycles. The van der Waals surface area contributed by atoms with Crippen molar-refractivity contribution in [2.24, 2.45) is 17.8 Å². The first-order valence-electron chi connectivity index (χ1n) is 19.1. The molecule has 53 heavy (non-hydrogen) atoms. The van der Waals surface area contributed by atoms with Crippen LogP contribution in [0.15, 0.2) is 42.7 Å². The molecule has 13 nitrogen and oxygen atoms in total. The number of nitrogens with one attached hydrogen (secondary N) is 3. The monoisotopic (exact) mass is 731 g/mol. The van der Waals surface area contributed by atoms with Gasteiger partial charge in [0, 0.05) is 57.1 Å². The Morgan fingerprint density at radius 3 is 2.17 bits per heavy atom. The van der Waals surface area contributed by atoms with Gasteiger partial charge in [0.05, 0.1) is 5.69 Å². The molecule has 3 aromatic rings. The number of halogens is 1. The van der Waals surface area contributed by atoms with E-state index in [2.05, 4.69) is 38.0 Å². The summed E-state index contributed by atoms with van der Waals surface area (Å²) in [5.74, 6) is -1.91. The van der Waals surface area contributed by atoms with Gasteiger partial charge in [0.1, 0.15) is 29.3 Å². The van der Waals surface area contributed by atoms with Crippen LogP contribution in [0.4, 0.5) is 10.1 Å². The molecule has 0 bridgehead atoms. The maximum absolute atomic E-state index is 16.0. The van der Waals surface area contributed by atoms with Crippen LogP contribution in [0.25, 0.3) is 0 Å². The van der Waals surface area contributed by atoms with Crippen molar-refractivity contribution in [2.45, 2.75) is 96.8 Å². The molecule has 1 aromatic carbocycles. The first-order chi connectivity index (χ1) is 25.4. The van der Waals surface area contributed by atoms with Gasteiger partial charge in [-0.25, -0.2) is 4.39 Å². The second-order valence-electron chi connectivity index (χ2n) is 15.7. The lowest BCUT2D eigenvalue weighted by Crippen LogP contribution is -2.55. The van der Waals surface area contributed by atoms with E-state index >= 15 is 4.39 Å². The number of carbonyl (C=O) groups is 4. The zero-order valence-electron chi connectivity index (χ0n) is 31.6. The second-order valence-corrected chi connectivity index (χ2v) is 15.7. The molecule has 3 fully saturated rings. The zero-order chi connectivity index (χ0) is 37.8. The quantitative estimate of drug-likeness (QED) is 0.236. The van der Waals surface area contributed by atoms with Crippen molar-refractivity contribution < 1.29 is 23.6 Å². The van der Waals surface area contributed by atoms with Crippen molar-refractivity contribution in [1.82, 2.24) is 40.0 Å². The van der Waals surface area contributed by atoms with Crippen LogP contribution < -0.4 is 16.0 Å². The van der Waals surface area contributed by atoms with Crippen LogP contribution in [-0.4, -0.2) is 98.3 Å². The third-order valence-electron chi connectivity index (χ3n) is 11.2. The lowest BCUT2D eigenvalue weighted by atomic mass is 9.79. The lowest BCUT2D eigenvalue weighted by Gasteiger charge is -2.36. The summed E-state index contributed by atoms with van der Waals surface area (Å²) in [5, 5.41) is 17.3. The van der Waals surface area contributed by atoms with Crippen LogP contribution in [-0.2, 0) is 16.1 Å². The predicted octanol–water partition coefficient (Wildman–Crippen LogP) is 4.45. The van der Waals surface area contributed by atoms with E-state index < -0.39 is 41.5 Å². The maximum Gasteiger partial charge on any atom is 0.270 e. The van der Waals surface area contributed by atoms with Gasteiger partial charge in [-0.15, -0.1) is 0 Å². The highest BCUT2D eigenvalue weighted by Gasteiger charge is 2.36. The fraction of sp³-hybridized carbons (Fsp3) is 0.590. The van der Waals surface area contributed by atoms with Crippen LogP contribution in [0.3, 0.4) is 0 Å². The van der Waals surface area contributed by atoms with E-state index in [0.717, 1.165) is 38.5 Å². The number of likely N-dealkylation sites (N-methyl/N-ethyl adjacent to an activating group) is 1. The third kappa shape index (κ3) is 9.14. The number of rotatable bonds is 13. The number of anilines is 1. The number of carbonyl (C=O) groups excluding carboxylic acids is 4. The predicted molar refractivity (Wildman–Crippen MR) is 199 cm³/mol. The minimum Gasteiger partial charge on any atom is -0.339 e. The van der Waals surface area contributed by atoms with E-state index in [-0.39, 0.29) is 23.6 Å². The van der Waals surface area contributed by atoms with Gasteiger partial charge in [-0.05, 0) is 94.2 Å². The molecule has 2 aliphatic carbocycles. The summed E-state index contributed by atoms with van der Waals surface area (Å²) >= 11 is 0. The van der Waals surface area contributed by atoms with Crippen molar-refractivity contribution in [3.8, 4) is 0 Å². The molecule has 14 heteroatoms. The number of hydrogen-bond donors (Lipinski definition) is 3. The highest BCUT2D eigenvalue weighted by molar-refractivity contribution is 6.01. The summed E-state index contributed by atoms with van der Waals surface area (Å²) in [6.45, 7) is 10.9. The van der Waals surface area contributed by atoms with Gasteiger partial charge in [0.15, 0.2) is 0 Å². The molecule has 286 valence electrons. The minimum absolute atomic E-state index is 0.0310. The number of hydrogen-bond acceptors (Lipinski definition) is 7. The Morgan fingerprint density at radius 2 is 1.51 bits per heavy atom. The van der Waals surface area contributed by atoms with Gasteiger partial charge in [-0.1, -0.05) is 32.8 Å². The minimum atomic E-state index is -0.970. The summed E-state index contributed by atoms with van der Waals surface area (Å²) in [6, 6.07) is 5.85. The summed E-state index contributed by atoms with van der Waals surface area (Å²) in [5.41, 5.74) is 1.20. The van der Waals surface area contributed by atoms with E-state index in [0.29, 0.717) is 61.5 Å². The average Bonchev–Trinajstić information content (AvgIpc) is 3.59. The van der Waals surface area contributed by atoms with Gasteiger partial charge in [-0.2, -0.15) is 10.2 Å². The van der Waals surface area contributed by atoms with Gasteiger partial charge >= 0.3 is 0 Å². The van der Waals surface area contributed by atoms with Crippen molar-refractivity contribution >= 4 is 29.3 Å². The zero-order valence-corrected chi connectivity index (χ0v) is 31.6. The maximum atomic E-state index is 16.0. The Morgan fingerprint density at radius 1 is 0.849 bits per heavy atom. The van der Waals surface area contributed by atoms with Crippen molar-refractivity contribution in [3.05, 3.63) is 65.5 Å². The second kappa shape index (κ2) is 16.6. The first-order valence-corrected chi connectivity index (χ1v) is 19.1. The van der Waals surface area contributed by atoms with Gasteiger partial charge in [0.25, 0.3) is 11.8 Å². The smallest absolute Gasteiger partial charge is 0.270 e. The molecule has 3 aliphatic rings. The number of amides is 4. The van der Waals surface area contributed by atoms with E-state index in [9.17, 15) is 19.2 Å². The summed E-state index contributed by atoms with van der Waals surface area (Å²) in [7, 11) is 2.00. The van der Waals surface area contributed by atoms with Crippen molar-refractivity contribution in [2.75, 3.05) is 38.5 Å². The molecule has 2 saturated carbocycles. The molecule has 0 spiro atoms. The molecule has 0 unspecified atom stereocenters. The number of aromatic nitrogens is 4. The van der Waals surface area contributed by atoms with Crippen LogP contribution in [0, 0.1) is 23.6 Å². The highest BCUT2D eigenvalue weighted by atomic mass is 19.1. The molecular formula is C39H54FN9O4. The molecule has 1 saturated heterocycles. The number of piperazine rings is 1. The third-order valence-corrected chi connectivity index (χ3v) is 11.2. The summed E-state index contributed by atoms with van der Waals surface area (Å²) in [4.78, 5) is 59.0. The van der Waals surface area contributed by atoms with E-state index in [4.69, 9.17) is 0 Å². The molecule has 3 atom stereocenters. The largest absolute Gasteiger partial charge is 0.339 e. The van der Waals surface area contributed by atoms with Crippen LogP contribution in [0.5, 0.6) is 0 Å². The van der Waals surface area contributed by atoms with Crippen LogP contribution >= 0.6 is 0 Å². The summed E-state index contributed by atoms with van der Waals surface area (Å²) in [6.07, 6.45) is 8.74. The summed E-state index contributed by atoms with van der Waals surface area (Å²) < 4.78 is 19.3. The van der Waals surface area contributed by atoms with Crippen molar-refractivity contribution in [1.29, 1.82) is 0 Å². The van der Waals surface area contributed by atoms with Gasteiger partial charge in [-0.3, -0.25) is 28.5 Å². The fourth-order valence-electron chi connectivity index (χ4n) is 7.51. The molecule has 2 aromatic heterocycles. The topological polar surface area (TPSA) is 146 Å². The fourth-order valence-corrected chi connectivity index (χ4v) is 7.51. The van der Waals surface area contributed by atoms with Gasteiger partial charge in [0.2, 0.25) is 11.8 Å². The van der Waals surface area contributed by atoms with E-state index in [1.807, 2.05) is 20.9 Å². The Labute approximate surface area is 311 Å². The van der Waals surface area contributed by atoms with E-state index in [1.54, 1.807) is 51.8 Å². The molecule has 4 amide bonds. The Hall–Kier alpha value is -4.59. The normalized spacial score (nSPS) is 21.2. The van der Waals surface area contributed by atoms with Crippen LogP contribution in [0.2, 0.25) is 0 Å². The molecule has 3 heterocycles. The molecular weight excluding hydrogens is 677 g/mol. The Kier molecular flexibility index (Phi) is 12.0. The number of nitrogens with zero attached hydrogens (tertiary/aromatic N) is 6. The van der Waals surface area contributed by atoms with E-state index in [1.165, 1.54) is 12.1 Å². The molecule has 6 rings (SSSR count). The lowest BCUT2D eigenvalue weighted by molar-refractivity contribution is -0.135. The Balaban J connectivity index is 1.20. The highest BCUT2D eigenvalue weighted by Crippen LogP contribution is 2.33. The molecule has 3 N–H and O–H groups in total. The Bertz CT molecular complexity index is 1770.